The third-order valence-corrected chi connectivity index (χ3v) is 8.21. The highest BCUT2D eigenvalue weighted by Gasteiger charge is 2.50. The number of rotatable bonds is 13. The third-order valence-electron chi connectivity index (χ3n) is 8.21. The van der Waals surface area contributed by atoms with Crippen LogP contribution >= 0.6 is 0 Å². The van der Waals surface area contributed by atoms with Crippen LogP contribution in [0.15, 0.2) is 24.3 Å². The average molecular weight is 597 g/mol. The summed E-state index contributed by atoms with van der Waals surface area (Å²) in [6.45, 7) is 3.80. The molecule has 0 saturated heterocycles. The number of carboxylic acids is 2. The Morgan fingerprint density at radius 2 is 1.23 bits per heavy atom. The summed E-state index contributed by atoms with van der Waals surface area (Å²) in [5, 5.41) is 18.3. The first-order valence-corrected chi connectivity index (χ1v) is 14.3. The molecule has 1 saturated carbocycles. The number of amides is 2. The van der Waals surface area contributed by atoms with Crippen LogP contribution in [0.4, 0.5) is 0 Å². The lowest BCUT2D eigenvalue weighted by Crippen LogP contribution is -2.28. The number of benzene rings is 2. The number of carboxylic acid groups (broad SMARTS) is 2. The number of hydrogen-bond donors (Lipinski definition) is 2. The fraction of sp³-hybridized carbons (Fsp3) is 0.484. The number of ether oxygens (including phenoxy) is 4. The van der Waals surface area contributed by atoms with Crippen molar-refractivity contribution in [3.8, 4) is 23.0 Å². The van der Waals surface area contributed by atoms with Gasteiger partial charge in [0, 0.05) is 39.0 Å². The van der Waals surface area contributed by atoms with E-state index in [9.17, 15) is 19.2 Å². The molecule has 2 heterocycles. The van der Waals surface area contributed by atoms with Crippen LogP contribution in [0.1, 0.15) is 48.4 Å². The van der Waals surface area contributed by atoms with Crippen molar-refractivity contribution in [2.75, 3.05) is 27.4 Å². The van der Waals surface area contributed by atoms with Crippen LogP contribution in [0.3, 0.4) is 0 Å². The van der Waals surface area contributed by atoms with Gasteiger partial charge in [0.05, 0.1) is 45.2 Å². The molecule has 0 spiro atoms. The molecule has 0 radical (unpaired) electrons. The summed E-state index contributed by atoms with van der Waals surface area (Å²) in [7, 11) is 3.10. The van der Waals surface area contributed by atoms with Gasteiger partial charge in [0.2, 0.25) is 11.8 Å². The zero-order valence-electron chi connectivity index (χ0n) is 24.5. The van der Waals surface area contributed by atoms with Crippen molar-refractivity contribution >= 4 is 23.8 Å². The number of fused-ring (bicyclic) bond motifs is 2. The second kappa shape index (κ2) is 12.4. The van der Waals surface area contributed by atoms with Gasteiger partial charge in [-0.3, -0.25) is 19.2 Å². The minimum atomic E-state index is -0.995. The molecule has 12 heteroatoms. The lowest BCUT2D eigenvalue weighted by molar-refractivity contribution is -0.145. The monoisotopic (exact) mass is 596 g/mol. The lowest BCUT2D eigenvalue weighted by atomic mass is 10.1. The van der Waals surface area contributed by atoms with E-state index in [1.165, 1.54) is 6.92 Å². The first kappa shape index (κ1) is 30.0. The number of methoxy groups -OCH3 is 2. The van der Waals surface area contributed by atoms with E-state index in [4.69, 9.17) is 29.2 Å². The summed E-state index contributed by atoms with van der Waals surface area (Å²) in [5.74, 6) is -1.81. The van der Waals surface area contributed by atoms with Gasteiger partial charge >= 0.3 is 11.9 Å². The Morgan fingerprint density at radius 3 is 1.65 bits per heavy atom. The molecule has 2 aromatic carbocycles. The topological polar surface area (TPSA) is 152 Å². The van der Waals surface area contributed by atoms with E-state index >= 15 is 0 Å². The zero-order valence-corrected chi connectivity index (χ0v) is 24.5. The molecule has 2 aromatic rings. The molecule has 0 aromatic heterocycles. The summed E-state index contributed by atoms with van der Waals surface area (Å²) in [6, 6.07) is 7.45. The molecule has 1 fully saturated rings. The van der Waals surface area contributed by atoms with Crippen LogP contribution in [0.25, 0.3) is 0 Å². The van der Waals surface area contributed by atoms with Gasteiger partial charge in [-0.25, -0.2) is 0 Å². The molecule has 2 aliphatic heterocycles. The minimum Gasteiger partial charge on any atom is -0.493 e. The van der Waals surface area contributed by atoms with Crippen molar-refractivity contribution in [1.82, 2.24) is 9.80 Å². The minimum absolute atomic E-state index is 0.0527. The molecule has 43 heavy (non-hydrogen) atoms. The lowest BCUT2D eigenvalue weighted by Gasteiger charge is -2.16. The molecule has 0 bridgehead atoms. The highest BCUT2D eigenvalue weighted by atomic mass is 16.5. The molecule has 5 rings (SSSR count). The van der Waals surface area contributed by atoms with Gasteiger partial charge in [0.15, 0.2) is 23.0 Å². The zero-order chi connectivity index (χ0) is 30.8. The Hall–Kier alpha value is -4.48. The first-order valence-electron chi connectivity index (χ1n) is 14.3. The summed E-state index contributed by atoms with van der Waals surface area (Å²) in [4.78, 5) is 51.0. The van der Waals surface area contributed by atoms with Crippen LogP contribution in [-0.2, 0) is 45.4 Å². The molecule has 2 amide bonds. The highest BCUT2D eigenvalue weighted by Crippen LogP contribution is 2.43. The largest absolute Gasteiger partial charge is 0.493 e. The fourth-order valence-electron chi connectivity index (χ4n) is 5.57. The van der Waals surface area contributed by atoms with Crippen LogP contribution < -0.4 is 18.9 Å². The number of carbonyl (C=O) groups is 4. The Balaban J connectivity index is 1.13. The highest BCUT2D eigenvalue weighted by molar-refractivity contribution is 5.90. The molecule has 230 valence electrons. The molecule has 3 aliphatic rings. The first-order chi connectivity index (χ1) is 20.6. The van der Waals surface area contributed by atoms with Crippen molar-refractivity contribution in [3.05, 3.63) is 46.5 Å². The molecular weight excluding hydrogens is 560 g/mol. The molecule has 1 aliphatic carbocycles. The Kier molecular flexibility index (Phi) is 8.65. The molecule has 2 N–H and O–H groups in total. The van der Waals surface area contributed by atoms with E-state index in [0.29, 0.717) is 75.2 Å². The summed E-state index contributed by atoms with van der Waals surface area (Å²) < 4.78 is 23.0. The predicted molar refractivity (Wildman–Crippen MR) is 151 cm³/mol. The number of nitrogens with zero attached hydrogens (tertiary/aromatic N) is 2. The Labute approximate surface area is 249 Å². The molecule has 12 nitrogen and oxygen atoms in total. The fourth-order valence-corrected chi connectivity index (χ4v) is 5.57. The Morgan fingerprint density at radius 1 is 0.767 bits per heavy atom. The van der Waals surface area contributed by atoms with Crippen molar-refractivity contribution in [2.24, 2.45) is 17.8 Å². The number of carbonyl (C=O) groups excluding carboxylic acids is 2. The number of hydrogen-bond acceptors (Lipinski definition) is 8. The summed E-state index contributed by atoms with van der Waals surface area (Å²) >= 11 is 0. The van der Waals surface area contributed by atoms with Crippen molar-refractivity contribution in [2.45, 2.75) is 52.4 Å². The van der Waals surface area contributed by atoms with Gasteiger partial charge < -0.3 is 39.0 Å². The van der Waals surface area contributed by atoms with Crippen molar-refractivity contribution in [1.29, 1.82) is 0 Å². The standard InChI is InChI=1S/C31H36N2O10/c1-17(30(36)37)7-28(34)32-13-18-8-24(40-2)26(10-20(18)14-32)42-5-4-6-43-27-11-21-16-33(15-19(21)9-25(27)41-3)29(35)22-12-23(22)31(38)39/h8-11,17,22-23H,4-7,12-16H2,1-3H3,(H,36,37)(H,38,39)/t17?,22-,23-/m1/s1. The SMILES string of the molecule is COc1cc2c(cc1OCCCOc1cc3c(cc1OC)CN(C(=O)[C@@H]1C[C@H]1C(=O)O)C3)CN(C(=O)CC(C)C(=O)O)C2. The number of aliphatic carboxylic acids is 2. The quantitative estimate of drug-likeness (QED) is 0.330. The Bertz CT molecular complexity index is 1440. The van der Waals surface area contributed by atoms with Gasteiger partial charge in [0.1, 0.15) is 0 Å². The van der Waals surface area contributed by atoms with Crippen molar-refractivity contribution < 1.29 is 48.3 Å². The van der Waals surface area contributed by atoms with E-state index in [1.807, 2.05) is 24.3 Å². The maximum absolute atomic E-state index is 12.7. The second-order valence-corrected chi connectivity index (χ2v) is 11.3. The second-order valence-electron chi connectivity index (χ2n) is 11.3. The van der Waals surface area contributed by atoms with Gasteiger partial charge in [-0.2, -0.15) is 0 Å². The smallest absolute Gasteiger partial charge is 0.307 e. The molecular formula is C31H36N2O10. The molecule has 1 unspecified atom stereocenters. The van der Waals surface area contributed by atoms with Gasteiger partial charge in [-0.1, -0.05) is 6.92 Å². The average Bonchev–Trinajstić information content (AvgIpc) is 3.52. The third kappa shape index (κ3) is 6.47. The van der Waals surface area contributed by atoms with E-state index in [-0.39, 0.29) is 18.2 Å². The van der Waals surface area contributed by atoms with Crippen LogP contribution in [-0.4, -0.2) is 71.2 Å². The van der Waals surface area contributed by atoms with E-state index in [1.54, 1.807) is 24.0 Å². The van der Waals surface area contributed by atoms with Crippen LogP contribution in [0.5, 0.6) is 23.0 Å². The maximum Gasteiger partial charge on any atom is 0.307 e. The van der Waals surface area contributed by atoms with Crippen LogP contribution in [0.2, 0.25) is 0 Å². The predicted octanol–water partition coefficient (Wildman–Crippen LogP) is 3.07. The molecule has 3 atom stereocenters. The van der Waals surface area contributed by atoms with Gasteiger partial charge in [0.25, 0.3) is 0 Å². The maximum atomic E-state index is 12.7. The van der Waals surface area contributed by atoms with E-state index < -0.39 is 29.7 Å². The van der Waals surface area contributed by atoms with E-state index in [2.05, 4.69) is 0 Å². The van der Waals surface area contributed by atoms with E-state index in [0.717, 1.165) is 22.3 Å². The normalized spacial score (nSPS) is 18.9. The van der Waals surface area contributed by atoms with Gasteiger partial charge in [-0.05, 0) is 52.9 Å². The van der Waals surface area contributed by atoms with Gasteiger partial charge in [-0.15, -0.1) is 0 Å². The van der Waals surface area contributed by atoms with Crippen molar-refractivity contribution in [3.63, 3.8) is 0 Å². The summed E-state index contributed by atoms with van der Waals surface area (Å²) in [6.07, 6.45) is 0.897. The summed E-state index contributed by atoms with van der Waals surface area (Å²) in [5.41, 5.74) is 3.76. The van der Waals surface area contributed by atoms with Crippen LogP contribution in [0, 0.1) is 17.8 Å².